The summed E-state index contributed by atoms with van der Waals surface area (Å²) in [4.78, 5) is 25.7. The smallest absolute Gasteiger partial charge is 0.341 e. The van der Waals surface area contributed by atoms with Gasteiger partial charge < -0.3 is 14.8 Å². The number of benzene rings is 1. The molecule has 0 saturated carbocycles. The molecule has 26 heavy (non-hydrogen) atoms. The molecule has 1 amide bonds. The molecule has 5 nitrogen and oxygen atoms in total. The summed E-state index contributed by atoms with van der Waals surface area (Å²) in [6.45, 7) is 2.06. The molecule has 7 heteroatoms. The number of esters is 1. The van der Waals surface area contributed by atoms with E-state index in [2.05, 4.69) is 28.2 Å². The number of methoxy groups -OCH3 is 1. The Morgan fingerprint density at radius 2 is 2.12 bits per heavy atom. The van der Waals surface area contributed by atoms with Gasteiger partial charge in [-0.15, -0.1) is 11.3 Å². The number of nitrogens with one attached hydrogen (secondary N) is 1. The van der Waals surface area contributed by atoms with E-state index in [1.54, 1.807) is 6.07 Å². The average molecular weight is 438 g/mol. The number of hydrogen-bond donors (Lipinski definition) is 1. The van der Waals surface area contributed by atoms with Crippen LogP contribution in [0.3, 0.4) is 0 Å². The third-order valence-corrected chi connectivity index (χ3v) is 6.17. The summed E-state index contributed by atoms with van der Waals surface area (Å²) in [5.74, 6) is 0.459. The van der Waals surface area contributed by atoms with Crippen molar-refractivity contribution in [2.45, 2.75) is 26.2 Å². The van der Waals surface area contributed by atoms with Gasteiger partial charge in [-0.2, -0.15) is 0 Å². The summed E-state index contributed by atoms with van der Waals surface area (Å²) < 4.78 is 11.3. The van der Waals surface area contributed by atoms with Crippen LogP contribution in [-0.2, 0) is 22.4 Å². The van der Waals surface area contributed by atoms with Crippen LogP contribution in [0.1, 0.15) is 34.1 Å². The van der Waals surface area contributed by atoms with Gasteiger partial charge in [-0.1, -0.05) is 19.1 Å². The van der Waals surface area contributed by atoms with E-state index >= 15 is 0 Å². The van der Waals surface area contributed by atoms with E-state index in [1.165, 1.54) is 18.4 Å². The minimum atomic E-state index is -0.404. The molecule has 1 aromatic carbocycles. The highest BCUT2D eigenvalue weighted by Gasteiger charge is 2.28. The highest BCUT2D eigenvalue weighted by atomic mass is 79.9. The molecule has 1 N–H and O–H groups in total. The van der Waals surface area contributed by atoms with E-state index in [0.29, 0.717) is 22.2 Å². The molecule has 0 saturated heterocycles. The summed E-state index contributed by atoms with van der Waals surface area (Å²) >= 11 is 4.85. The van der Waals surface area contributed by atoms with Crippen molar-refractivity contribution >= 4 is 44.1 Å². The maximum Gasteiger partial charge on any atom is 0.341 e. The fourth-order valence-corrected chi connectivity index (χ4v) is 4.84. The molecular formula is C19H20BrNO4S. The molecular weight excluding hydrogens is 418 g/mol. The second-order valence-corrected chi connectivity index (χ2v) is 8.27. The Morgan fingerprint density at radius 3 is 2.85 bits per heavy atom. The first-order chi connectivity index (χ1) is 12.5. The van der Waals surface area contributed by atoms with Crippen molar-refractivity contribution in [3.8, 4) is 5.75 Å². The van der Waals surface area contributed by atoms with Gasteiger partial charge in [0.2, 0.25) is 0 Å². The Balaban J connectivity index is 1.75. The van der Waals surface area contributed by atoms with E-state index in [4.69, 9.17) is 9.47 Å². The summed E-state index contributed by atoms with van der Waals surface area (Å²) in [7, 11) is 1.36. The fourth-order valence-electron chi connectivity index (χ4n) is 3.02. The lowest BCUT2D eigenvalue weighted by atomic mass is 9.88. The number of rotatable bonds is 5. The predicted molar refractivity (Wildman–Crippen MR) is 105 cm³/mol. The van der Waals surface area contributed by atoms with E-state index in [1.807, 2.05) is 18.2 Å². The van der Waals surface area contributed by atoms with E-state index in [0.717, 1.165) is 34.2 Å². The Hall–Kier alpha value is -1.86. The quantitative estimate of drug-likeness (QED) is 0.702. The van der Waals surface area contributed by atoms with Gasteiger partial charge in [0.05, 0.1) is 17.1 Å². The lowest BCUT2D eigenvalue weighted by Gasteiger charge is -2.18. The van der Waals surface area contributed by atoms with E-state index in [9.17, 15) is 9.59 Å². The molecule has 0 aliphatic heterocycles. The average Bonchev–Trinajstić information content (AvgIpc) is 2.97. The molecule has 0 radical (unpaired) electrons. The lowest BCUT2D eigenvalue weighted by molar-refractivity contribution is -0.118. The zero-order chi connectivity index (χ0) is 18.7. The second-order valence-electron chi connectivity index (χ2n) is 6.31. The summed E-state index contributed by atoms with van der Waals surface area (Å²) in [6, 6.07) is 7.33. The van der Waals surface area contributed by atoms with Gasteiger partial charge in [0.1, 0.15) is 10.8 Å². The van der Waals surface area contributed by atoms with Gasteiger partial charge >= 0.3 is 5.97 Å². The molecule has 3 rings (SSSR count). The maximum absolute atomic E-state index is 12.3. The molecule has 2 aromatic rings. The van der Waals surface area contributed by atoms with Crippen LogP contribution in [0.4, 0.5) is 5.00 Å². The monoisotopic (exact) mass is 437 g/mol. The van der Waals surface area contributed by atoms with Crippen molar-refractivity contribution in [1.82, 2.24) is 0 Å². The van der Waals surface area contributed by atoms with Gasteiger partial charge in [0, 0.05) is 4.88 Å². The first-order valence-corrected chi connectivity index (χ1v) is 10.0. The second kappa shape index (κ2) is 8.22. The van der Waals surface area contributed by atoms with Crippen molar-refractivity contribution in [3.05, 3.63) is 44.7 Å². The van der Waals surface area contributed by atoms with Crippen LogP contribution in [0, 0.1) is 5.92 Å². The van der Waals surface area contributed by atoms with E-state index in [-0.39, 0.29) is 12.5 Å². The molecule has 0 unspecified atom stereocenters. The Labute approximate surface area is 164 Å². The van der Waals surface area contributed by atoms with Crippen molar-refractivity contribution in [3.63, 3.8) is 0 Å². The summed E-state index contributed by atoms with van der Waals surface area (Å²) in [6.07, 6.45) is 2.79. The van der Waals surface area contributed by atoms with Gasteiger partial charge in [-0.3, -0.25) is 4.79 Å². The van der Waals surface area contributed by atoms with Crippen LogP contribution >= 0.6 is 27.3 Å². The number of carbonyl (C=O) groups excluding carboxylic acids is 2. The highest BCUT2D eigenvalue weighted by Crippen LogP contribution is 2.40. The Kier molecular flexibility index (Phi) is 5.98. The fraction of sp³-hybridized carbons (Fsp3) is 0.368. The molecule has 1 aromatic heterocycles. The topological polar surface area (TPSA) is 64.6 Å². The van der Waals surface area contributed by atoms with Gasteiger partial charge in [0.25, 0.3) is 5.91 Å². The molecule has 1 aliphatic rings. The minimum Gasteiger partial charge on any atom is -0.483 e. The zero-order valence-electron chi connectivity index (χ0n) is 14.6. The molecule has 1 atom stereocenters. The Morgan fingerprint density at radius 1 is 1.35 bits per heavy atom. The van der Waals surface area contributed by atoms with Crippen LogP contribution in [0.2, 0.25) is 0 Å². The molecule has 0 fully saturated rings. The molecule has 1 heterocycles. The molecule has 1 aliphatic carbocycles. The molecule has 0 spiro atoms. The first-order valence-electron chi connectivity index (χ1n) is 8.39. The lowest BCUT2D eigenvalue weighted by Crippen LogP contribution is -2.21. The normalized spacial score (nSPS) is 15.9. The SMILES string of the molecule is COC(=O)c1c(NC(=O)COc2ccccc2Br)sc2c1CC[C@@H](C)C2. The molecule has 138 valence electrons. The van der Waals surface area contributed by atoms with Crippen molar-refractivity contribution in [2.75, 3.05) is 19.0 Å². The predicted octanol–water partition coefficient (Wildman–Crippen LogP) is 4.44. The Bertz CT molecular complexity index is 833. The molecule has 0 bridgehead atoms. The number of anilines is 1. The van der Waals surface area contributed by atoms with Gasteiger partial charge in [-0.25, -0.2) is 4.79 Å². The highest BCUT2D eigenvalue weighted by molar-refractivity contribution is 9.10. The van der Waals surface area contributed by atoms with Gasteiger partial charge in [-0.05, 0) is 58.8 Å². The van der Waals surface area contributed by atoms with Crippen molar-refractivity contribution in [2.24, 2.45) is 5.92 Å². The number of carbonyl (C=O) groups is 2. The van der Waals surface area contributed by atoms with Gasteiger partial charge in [0.15, 0.2) is 6.61 Å². The van der Waals surface area contributed by atoms with Crippen molar-refractivity contribution in [1.29, 1.82) is 0 Å². The zero-order valence-corrected chi connectivity index (χ0v) is 17.0. The van der Waals surface area contributed by atoms with Crippen LogP contribution in [0.25, 0.3) is 0 Å². The van der Waals surface area contributed by atoms with Crippen LogP contribution in [-0.4, -0.2) is 25.6 Å². The van der Waals surface area contributed by atoms with Crippen LogP contribution in [0.15, 0.2) is 28.7 Å². The largest absolute Gasteiger partial charge is 0.483 e. The maximum atomic E-state index is 12.3. The van der Waals surface area contributed by atoms with Crippen LogP contribution in [0.5, 0.6) is 5.75 Å². The van der Waals surface area contributed by atoms with E-state index < -0.39 is 5.97 Å². The number of amides is 1. The summed E-state index contributed by atoms with van der Waals surface area (Å²) in [5.41, 5.74) is 1.51. The number of fused-ring (bicyclic) bond motifs is 1. The number of thiophene rings is 1. The summed E-state index contributed by atoms with van der Waals surface area (Å²) in [5, 5.41) is 3.38. The number of ether oxygens (including phenoxy) is 2. The minimum absolute atomic E-state index is 0.137. The number of hydrogen-bond acceptors (Lipinski definition) is 5. The number of para-hydroxylation sites is 1. The van der Waals surface area contributed by atoms with Crippen molar-refractivity contribution < 1.29 is 19.1 Å². The third-order valence-electron chi connectivity index (χ3n) is 4.35. The third kappa shape index (κ3) is 4.10. The number of halogens is 1. The standard InChI is InChI=1S/C19H20BrNO4S/c1-11-7-8-12-15(9-11)26-18(17(12)19(23)24-2)21-16(22)10-25-14-6-4-3-5-13(14)20/h3-6,11H,7-10H2,1-2H3,(H,21,22)/t11-/m1/s1. The van der Waals surface area contributed by atoms with Crippen LogP contribution < -0.4 is 10.1 Å². The first kappa shape index (κ1) is 18.9.